The van der Waals surface area contributed by atoms with E-state index in [1.54, 1.807) is 31.3 Å². The number of benzene rings is 3. The molecule has 1 saturated carbocycles. The number of Topliss-reactive ketones (excluding diaryl/α,β-unsaturated/α-hetero) is 1. The van der Waals surface area contributed by atoms with Crippen LogP contribution in [0.5, 0.6) is 11.5 Å². The molecule has 5 heteroatoms. The van der Waals surface area contributed by atoms with Crippen molar-refractivity contribution < 1.29 is 19.1 Å². The molecule has 0 N–H and O–H groups in total. The molecule has 5 nitrogen and oxygen atoms in total. The van der Waals surface area contributed by atoms with Crippen molar-refractivity contribution in [2.75, 3.05) is 19.1 Å². The molecule has 1 atom stereocenters. The number of amides is 1. The third-order valence-electron chi connectivity index (χ3n) is 7.86. The number of hydrogen-bond acceptors (Lipinski definition) is 4. The molecule has 206 valence electrons. The Kier molecular flexibility index (Phi) is 9.45. The van der Waals surface area contributed by atoms with Gasteiger partial charge in [-0.3, -0.25) is 14.5 Å². The average molecular weight is 528 g/mol. The molecule has 0 saturated heterocycles. The summed E-state index contributed by atoms with van der Waals surface area (Å²) < 4.78 is 11.3. The second-order valence-electron chi connectivity index (χ2n) is 10.9. The maximum Gasteiger partial charge on any atom is 0.259 e. The molecule has 0 radical (unpaired) electrons. The van der Waals surface area contributed by atoms with E-state index in [2.05, 4.69) is 13.8 Å². The van der Waals surface area contributed by atoms with Gasteiger partial charge >= 0.3 is 0 Å². The van der Waals surface area contributed by atoms with Crippen LogP contribution in [0.3, 0.4) is 0 Å². The van der Waals surface area contributed by atoms with Gasteiger partial charge in [-0.05, 0) is 71.8 Å². The van der Waals surface area contributed by atoms with E-state index >= 15 is 0 Å². The fourth-order valence-electron chi connectivity index (χ4n) is 5.73. The number of methoxy groups -OCH3 is 2. The van der Waals surface area contributed by atoms with Gasteiger partial charge in [0.05, 0.1) is 14.2 Å². The van der Waals surface area contributed by atoms with E-state index in [1.165, 1.54) is 12.0 Å². The number of ketones is 1. The molecule has 1 aliphatic carbocycles. The molecular formula is C34H41NO4. The number of anilines is 1. The van der Waals surface area contributed by atoms with E-state index in [4.69, 9.17) is 9.47 Å². The van der Waals surface area contributed by atoms with Crippen LogP contribution in [0.1, 0.15) is 91.4 Å². The van der Waals surface area contributed by atoms with Crippen molar-refractivity contribution in [1.82, 2.24) is 0 Å². The normalized spacial score (nSPS) is 14.6. The van der Waals surface area contributed by atoms with E-state index in [0.717, 1.165) is 36.8 Å². The van der Waals surface area contributed by atoms with Gasteiger partial charge in [0.15, 0.2) is 17.3 Å². The molecule has 1 unspecified atom stereocenters. The van der Waals surface area contributed by atoms with Crippen molar-refractivity contribution in [2.45, 2.75) is 71.3 Å². The minimum Gasteiger partial charge on any atom is -0.493 e. The van der Waals surface area contributed by atoms with Crippen LogP contribution in [0.4, 0.5) is 5.69 Å². The molecule has 0 aromatic heterocycles. The Morgan fingerprint density at radius 1 is 0.872 bits per heavy atom. The lowest BCUT2D eigenvalue weighted by Crippen LogP contribution is -2.40. The predicted octanol–water partition coefficient (Wildman–Crippen LogP) is 8.06. The third-order valence-corrected chi connectivity index (χ3v) is 7.86. The van der Waals surface area contributed by atoms with Crippen LogP contribution in [0.15, 0.2) is 66.7 Å². The predicted molar refractivity (Wildman–Crippen MR) is 157 cm³/mol. The lowest BCUT2D eigenvalue weighted by molar-refractivity contribution is -0.121. The van der Waals surface area contributed by atoms with Gasteiger partial charge in [0, 0.05) is 17.7 Å². The van der Waals surface area contributed by atoms with Crippen molar-refractivity contribution in [1.29, 1.82) is 0 Å². The van der Waals surface area contributed by atoms with Crippen LogP contribution in [0, 0.1) is 12.8 Å². The highest BCUT2D eigenvalue weighted by Gasteiger charge is 2.35. The van der Waals surface area contributed by atoms with Crippen molar-refractivity contribution in [3.05, 3.63) is 89.0 Å². The Balaban J connectivity index is 1.88. The molecule has 1 amide bonds. The zero-order chi connectivity index (χ0) is 27.9. The first-order chi connectivity index (χ1) is 18.8. The summed E-state index contributed by atoms with van der Waals surface area (Å²) in [6, 6.07) is 20.2. The van der Waals surface area contributed by atoms with Gasteiger partial charge in [0.2, 0.25) is 0 Å². The average Bonchev–Trinajstić information content (AvgIpc) is 2.96. The molecule has 0 aliphatic heterocycles. The Morgan fingerprint density at radius 2 is 1.54 bits per heavy atom. The summed E-state index contributed by atoms with van der Waals surface area (Å²) >= 11 is 0. The van der Waals surface area contributed by atoms with Crippen LogP contribution >= 0.6 is 0 Å². The fraction of sp³-hybridized carbons (Fsp3) is 0.412. The molecule has 4 rings (SSSR count). The topological polar surface area (TPSA) is 55.8 Å². The molecule has 0 spiro atoms. The van der Waals surface area contributed by atoms with E-state index in [-0.39, 0.29) is 11.7 Å². The molecule has 0 heterocycles. The van der Waals surface area contributed by atoms with Crippen LogP contribution in [-0.2, 0) is 4.79 Å². The Bertz CT molecular complexity index is 1260. The van der Waals surface area contributed by atoms with Gasteiger partial charge < -0.3 is 9.47 Å². The number of rotatable bonds is 10. The zero-order valence-electron chi connectivity index (χ0n) is 23.9. The number of nitrogens with zero attached hydrogens (tertiary/aromatic N) is 1. The second kappa shape index (κ2) is 13.0. The number of carbonyl (C=O) groups excluding carboxylic acids is 2. The van der Waals surface area contributed by atoms with Gasteiger partial charge in [0.1, 0.15) is 6.04 Å². The maximum absolute atomic E-state index is 14.3. The largest absolute Gasteiger partial charge is 0.493 e. The lowest BCUT2D eigenvalue weighted by atomic mass is 9.83. The van der Waals surface area contributed by atoms with Crippen LogP contribution < -0.4 is 14.4 Å². The van der Waals surface area contributed by atoms with Crippen molar-refractivity contribution in [3.8, 4) is 11.5 Å². The molecule has 3 aromatic carbocycles. The summed E-state index contributed by atoms with van der Waals surface area (Å²) in [5.41, 5.74) is 3.99. The summed E-state index contributed by atoms with van der Waals surface area (Å²) in [5, 5.41) is 0. The fourth-order valence-corrected chi connectivity index (χ4v) is 5.73. The van der Waals surface area contributed by atoms with Gasteiger partial charge in [-0.15, -0.1) is 0 Å². The van der Waals surface area contributed by atoms with Crippen molar-refractivity contribution in [3.63, 3.8) is 0 Å². The highest BCUT2D eigenvalue weighted by molar-refractivity contribution is 6.10. The van der Waals surface area contributed by atoms with Gasteiger partial charge in [-0.1, -0.05) is 76.3 Å². The second-order valence-corrected chi connectivity index (χ2v) is 10.9. The Hall–Kier alpha value is -3.60. The van der Waals surface area contributed by atoms with Gasteiger partial charge in [-0.2, -0.15) is 0 Å². The summed E-state index contributed by atoms with van der Waals surface area (Å²) in [5.74, 6) is 1.71. The molecular weight excluding hydrogens is 486 g/mol. The first-order valence-corrected chi connectivity index (χ1v) is 14.1. The van der Waals surface area contributed by atoms with E-state index in [1.807, 2.05) is 61.5 Å². The van der Waals surface area contributed by atoms with Gasteiger partial charge in [0.25, 0.3) is 5.91 Å². The summed E-state index contributed by atoms with van der Waals surface area (Å²) in [6.45, 7) is 6.23. The van der Waals surface area contributed by atoms with Crippen molar-refractivity contribution >= 4 is 17.4 Å². The summed E-state index contributed by atoms with van der Waals surface area (Å²) in [4.78, 5) is 30.3. The van der Waals surface area contributed by atoms with Crippen LogP contribution in [0.25, 0.3) is 0 Å². The first kappa shape index (κ1) is 28.4. The highest BCUT2D eigenvalue weighted by atomic mass is 16.5. The molecule has 3 aromatic rings. The first-order valence-electron chi connectivity index (χ1n) is 14.1. The minimum atomic E-state index is -0.803. The number of carbonyl (C=O) groups is 2. The summed E-state index contributed by atoms with van der Waals surface area (Å²) in [7, 11) is 3.20. The zero-order valence-corrected chi connectivity index (χ0v) is 23.9. The molecule has 0 bridgehead atoms. The lowest BCUT2D eigenvalue weighted by Gasteiger charge is -2.33. The number of ether oxygens (including phenoxy) is 2. The smallest absolute Gasteiger partial charge is 0.259 e. The molecule has 1 fully saturated rings. The highest BCUT2D eigenvalue weighted by Crippen LogP contribution is 2.40. The Morgan fingerprint density at radius 3 is 2.13 bits per heavy atom. The third kappa shape index (κ3) is 6.52. The SMILES string of the molecule is COc1cc(C(C(=O)CC2CCCCC2)N(C(=O)c2ccccc2)c2ccc(C(C)C)cc2)cc(C)c1OC. The van der Waals surface area contributed by atoms with E-state index in [0.29, 0.717) is 41.0 Å². The van der Waals surface area contributed by atoms with E-state index in [9.17, 15) is 9.59 Å². The number of aryl methyl sites for hydroxylation is 1. The summed E-state index contributed by atoms with van der Waals surface area (Å²) in [6.07, 6.45) is 6.09. The van der Waals surface area contributed by atoms with Crippen molar-refractivity contribution in [2.24, 2.45) is 5.92 Å². The standard InChI is InChI=1S/C34H41NO4/c1-23(2)26-16-18-29(19-17-26)35(34(37)27-14-10-7-11-15-27)32(30(36)21-25-12-8-6-9-13-25)28-20-24(3)33(39-5)31(22-28)38-4/h7,10-11,14-20,22-23,25,32H,6,8-9,12-13,21H2,1-5H3. The van der Waals surface area contributed by atoms with Gasteiger partial charge in [-0.25, -0.2) is 0 Å². The molecule has 39 heavy (non-hydrogen) atoms. The van der Waals surface area contributed by atoms with E-state index < -0.39 is 6.04 Å². The van der Waals surface area contributed by atoms with Crippen LogP contribution in [-0.4, -0.2) is 25.9 Å². The quantitative estimate of drug-likeness (QED) is 0.268. The Labute approximate surface area is 233 Å². The number of hydrogen-bond donors (Lipinski definition) is 0. The monoisotopic (exact) mass is 527 g/mol. The minimum absolute atomic E-state index is 0.0470. The molecule has 1 aliphatic rings. The maximum atomic E-state index is 14.3. The van der Waals surface area contributed by atoms with Crippen LogP contribution in [0.2, 0.25) is 0 Å².